The van der Waals surface area contributed by atoms with Crippen molar-refractivity contribution >= 4 is 27.3 Å². The third kappa shape index (κ3) is 6.31. The smallest absolute Gasteiger partial charge is 0.214 e. The van der Waals surface area contributed by atoms with Gasteiger partial charge in [0.2, 0.25) is 0 Å². The van der Waals surface area contributed by atoms with Gasteiger partial charge in [0.05, 0.1) is 6.54 Å². The van der Waals surface area contributed by atoms with E-state index in [1.54, 1.807) is 0 Å². The molecule has 0 atom stereocenters. The molecule has 0 fully saturated rings. The summed E-state index contributed by atoms with van der Waals surface area (Å²) in [5, 5.41) is 2.28. The molecule has 0 amide bonds. The normalized spacial score (nSPS) is 11.8. The molecule has 0 aliphatic rings. The molecule has 3 rings (SSSR count). The van der Waals surface area contributed by atoms with Crippen molar-refractivity contribution < 1.29 is 4.57 Å². The monoisotopic (exact) mass is 413 g/mol. The molecule has 29 heavy (non-hydrogen) atoms. The molecular formula is C26H41N2S+. The lowest BCUT2D eigenvalue weighted by Gasteiger charge is -2.03. The van der Waals surface area contributed by atoms with E-state index < -0.39 is 0 Å². The lowest BCUT2D eigenvalue weighted by atomic mass is 10.0. The van der Waals surface area contributed by atoms with Crippen LogP contribution < -0.4 is 4.57 Å². The molecule has 2 heterocycles. The molecule has 0 N–H and O–H groups in total. The van der Waals surface area contributed by atoms with E-state index in [-0.39, 0.29) is 0 Å². The minimum Gasteiger partial charge on any atom is -0.214 e. The molecule has 1 aromatic carbocycles. The van der Waals surface area contributed by atoms with E-state index in [0.717, 1.165) is 6.54 Å². The van der Waals surface area contributed by atoms with Crippen molar-refractivity contribution in [2.45, 2.75) is 110 Å². The average molecular weight is 414 g/mol. The maximum Gasteiger partial charge on any atom is 0.346 e. The van der Waals surface area contributed by atoms with Crippen molar-refractivity contribution in [3.05, 3.63) is 35.3 Å². The summed E-state index contributed by atoms with van der Waals surface area (Å²) in [6.45, 7) is 5.66. The Morgan fingerprint density at radius 3 is 1.93 bits per heavy atom. The number of unbranched alkanes of at least 4 members (excludes halogenated alkanes) is 13. The second kappa shape index (κ2) is 12.4. The van der Waals surface area contributed by atoms with Crippen LogP contribution >= 0.6 is 11.3 Å². The van der Waals surface area contributed by atoms with Gasteiger partial charge in [-0.3, -0.25) is 0 Å². The second-order valence-electron chi connectivity index (χ2n) is 8.73. The molecule has 160 valence electrons. The van der Waals surface area contributed by atoms with E-state index in [0.29, 0.717) is 0 Å². The zero-order chi connectivity index (χ0) is 20.3. The molecule has 0 saturated carbocycles. The van der Waals surface area contributed by atoms with Crippen LogP contribution in [0.25, 0.3) is 16.0 Å². The Bertz CT molecular complexity index is 845. The number of hydrogen-bond acceptors (Lipinski definition) is 1. The van der Waals surface area contributed by atoms with E-state index >= 15 is 0 Å². The van der Waals surface area contributed by atoms with Gasteiger partial charge in [-0.2, -0.15) is 4.40 Å². The molecule has 0 spiro atoms. The van der Waals surface area contributed by atoms with Gasteiger partial charge >= 0.3 is 4.96 Å². The number of aromatic nitrogens is 2. The van der Waals surface area contributed by atoms with Gasteiger partial charge in [0, 0.05) is 5.38 Å². The van der Waals surface area contributed by atoms with Crippen LogP contribution in [0.3, 0.4) is 0 Å². The number of benzene rings is 1. The van der Waals surface area contributed by atoms with E-state index in [4.69, 9.17) is 0 Å². The molecular weight excluding hydrogens is 372 g/mol. The number of hydrogen-bond donors (Lipinski definition) is 0. The van der Waals surface area contributed by atoms with Crippen LogP contribution in [-0.4, -0.2) is 4.40 Å². The molecule has 3 aromatic rings. The number of nitrogens with zero attached hydrogens (tertiary/aromatic N) is 2. The van der Waals surface area contributed by atoms with Crippen LogP contribution in [0.1, 0.15) is 103 Å². The van der Waals surface area contributed by atoms with E-state index in [1.807, 2.05) is 11.3 Å². The second-order valence-corrected chi connectivity index (χ2v) is 9.57. The first-order valence-electron chi connectivity index (χ1n) is 12.2. The fourth-order valence-corrected chi connectivity index (χ4v) is 5.58. The van der Waals surface area contributed by atoms with Crippen molar-refractivity contribution in [2.24, 2.45) is 0 Å². The van der Waals surface area contributed by atoms with Gasteiger partial charge in [-0.15, -0.1) is 0 Å². The Morgan fingerprint density at radius 2 is 1.31 bits per heavy atom. The van der Waals surface area contributed by atoms with Gasteiger partial charge in [0.1, 0.15) is 5.69 Å². The first-order chi connectivity index (χ1) is 14.3. The van der Waals surface area contributed by atoms with Crippen LogP contribution in [0.2, 0.25) is 0 Å². The van der Waals surface area contributed by atoms with Gasteiger partial charge in [-0.1, -0.05) is 107 Å². The van der Waals surface area contributed by atoms with Crippen molar-refractivity contribution in [3.8, 4) is 0 Å². The fraction of sp³-hybridized carbons (Fsp3) is 0.654. The molecule has 2 aromatic heterocycles. The van der Waals surface area contributed by atoms with Crippen molar-refractivity contribution in [1.82, 2.24) is 4.40 Å². The Labute approximate surface area is 182 Å². The lowest BCUT2D eigenvalue weighted by molar-refractivity contribution is -0.644. The third-order valence-electron chi connectivity index (χ3n) is 6.26. The molecule has 0 bridgehead atoms. The van der Waals surface area contributed by atoms with E-state index in [1.165, 1.54) is 112 Å². The summed E-state index contributed by atoms with van der Waals surface area (Å²) in [5.74, 6) is 0. The lowest BCUT2D eigenvalue weighted by Crippen LogP contribution is -2.32. The molecule has 0 radical (unpaired) electrons. The molecule has 2 nitrogen and oxygen atoms in total. The number of thiazole rings is 1. The first kappa shape index (κ1) is 22.3. The summed E-state index contributed by atoms with van der Waals surface area (Å²) in [7, 11) is 0. The summed E-state index contributed by atoms with van der Waals surface area (Å²) in [6, 6.07) is 8.86. The first-order valence-corrected chi connectivity index (χ1v) is 13.1. The zero-order valence-corrected chi connectivity index (χ0v) is 19.6. The Kier molecular flexibility index (Phi) is 9.53. The Hall–Kier alpha value is -1.35. The van der Waals surface area contributed by atoms with Crippen LogP contribution in [0.5, 0.6) is 0 Å². The van der Waals surface area contributed by atoms with Gasteiger partial charge in [-0.25, -0.2) is 4.57 Å². The predicted octanol–water partition coefficient (Wildman–Crippen LogP) is 8.23. The molecule has 0 aliphatic heterocycles. The fourth-order valence-electron chi connectivity index (χ4n) is 4.54. The summed E-state index contributed by atoms with van der Waals surface area (Å²) >= 11 is 1.88. The summed E-state index contributed by atoms with van der Waals surface area (Å²) in [5.41, 5.74) is 4.09. The Morgan fingerprint density at radius 1 is 0.759 bits per heavy atom. The Balaban J connectivity index is 1.28. The van der Waals surface area contributed by atoms with E-state index in [9.17, 15) is 0 Å². The van der Waals surface area contributed by atoms with E-state index in [2.05, 4.69) is 52.5 Å². The maximum atomic E-state index is 2.54. The minimum atomic E-state index is 1.15. The van der Waals surface area contributed by atoms with Gasteiger partial charge in [-0.05, 0) is 31.9 Å². The summed E-state index contributed by atoms with van der Waals surface area (Å²) in [4.78, 5) is 1.39. The highest BCUT2D eigenvalue weighted by Crippen LogP contribution is 2.22. The number of fused-ring (bicyclic) bond motifs is 3. The molecule has 3 heteroatoms. The van der Waals surface area contributed by atoms with Gasteiger partial charge in [0.25, 0.3) is 0 Å². The molecule has 0 unspecified atom stereocenters. The topological polar surface area (TPSA) is 8.29 Å². The molecule has 0 saturated heterocycles. The number of rotatable bonds is 15. The summed E-state index contributed by atoms with van der Waals surface area (Å²) < 4.78 is 4.96. The minimum absolute atomic E-state index is 1.15. The van der Waals surface area contributed by atoms with Gasteiger partial charge < -0.3 is 0 Å². The highest BCUT2D eigenvalue weighted by Gasteiger charge is 2.21. The standard InChI is InChI=1S/C26H41N2S/c1-3-4-5-6-7-8-9-10-11-12-13-14-15-18-21-27-24-19-16-17-20-25(24)28-23(2)22-29-26(27)28/h16-17,19-20,22H,3-15,18,21H2,1-2H3/q+1. The quantitative estimate of drug-likeness (QED) is 0.175. The van der Waals surface area contributed by atoms with Crippen LogP contribution in [0.15, 0.2) is 29.6 Å². The molecule has 0 aliphatic carbocycles. The predicted molar refractivity (Wildman–Crippen MR) is 128 cm³/mol. The highest BCUT2D eigenvalue weighted by molar-refractivity contribution is 7.14. The highest BCUT2D eigenvalue weighted by atomic mass is 32.1. The number of para-hydroxylation sites is 2. The van der Waals surface area contributed by atoms with Crippen LogP contribution in [-0.2, 0) is 6.54 Å². The number of aryl methyl sites for hydroxylation is 2. The average Bonchev–Trinajstić information content (AvgIpc) is 3.26. The van der Waals surface area contributed by atoms with Crippen molar-refractivity contribution in [2.75, 3.05) is 0 Å². The SMILES string of the molecule is CCCCCCCCCCCCCCCC[n+]1c2ccccc2n2c(C)csc21. The van der Waals surface area contributed by atoms with Crippen molar-refractivity contribution in [1.29, 1.82) is 0 Å². The largest absolute Gasteiger partial charge is 0.346 e. The summed E-state index contributed by atoms with van der Waals surface area (Å²) in [6.07, 6.45) is 19.9. The third-order valence-corrected chi connectivity index (χ3v) is 7.33. The number of imidazole rings is 1. The van der Waals surface area contributed by atoms with Crippen LogP contribution in [0, 0.1) is 6.92 Å². The zero-order valence-electron chi connectivity index (χ0n) is 18.8. The maximum absolute atomic E-state index is 2.54. The van der Waals surface area contributed by atoms with Gasteiger partial charge in [0.15, 0.2) is 11.0 Å². The van der Waals surface area contributed by atoms with Crippen LogP contribution in [0.4, 0.5) is 0 Å². The van der Waals surface area contributed by atoms with Crippen molar-refractivity contribution in [3.63, 3.8) is 0 Å².